The molecule has 0 aliphatic heterocycles. The molecule has 10 heteroatoms. The van der Waals surface area contributed by atoms with Crippen LogP contribution in [0.5, 0.6) is 0 Å². The first-order valence-corrected chi connectivity index (χ1v) is 8.44. The van der Waals surface area contributed by atoms with Crippen LogP contribution < -0.4 is 5.32 Å². The Morgan fingerprint density at radius 3 is 2.34 bits per heavy atom. The van der Waals surface area contributed by atoms with Gasteiger partial charge in [0.1, 0.15) is 5.82 Å². The Balaban J connectivity index is 1.67. The molecule has 2 N–H and O–H groups in total. The highest BCUT2D eigenvalue weighted by atomic mass is 19.4. The number of aliphatic hydroxyl groups excluding tert-OH is 1. The summed E-state index contributed by atoms with van der Waals surface area (Å²) in [7, 11) is 0. The van der Waals surface area contributed by atoms with Crippen LogP contribution in [-0.4, -0.2) is 34.3 Å². The minimum absolute atomic E-state index is 0.0156. The number of rotatable bonds is 6. The third-order valence-electron chi connectivity index (χ3n) is 4.10. The third kappa shape index (κ3) is 4.96. The number of alkyl halides is 3. The first kappa shape index (κ1) is 20.5. The molecule has 0 bridgehead atoms. The Labute approximate surface area is 162 Å². The summed E-state index contributed by atoms with van der Waals surface area (Å²) in [5, 5.41) is 15.8. The summed E-state index contributed by atoms with van der Waals surface area (Å²) in [6, 6.07) is 9.14. The van der Waals surface area contributed by atoms with Crippen molar-refractivity contribution in [2.45, 2.75) is 12.1 Å². The fourth-order valence-electron chi connectivity index (χ4n) is 2.48. The van der Waals surface area contributed by atoms with Gasteiger partial charge in [0.05, 0.1) is 18.1 Å². The fourth-order valence-corrected chi connectivity index (χ4v) is 2.48. The van der Waals surface area contributed by atoms with E-state index >= 15 is 0 Å². The number of hydrogen-bond donors (Lipinski definition) is 2. The average Bonchev–Trinajstić information content (AvgIpc) is 3.18. The lowest BCUT2D eigenvalue weighted by atomic mass is 10.1. The van der Waals surface area contributed by atoms with Crippen LogP contribution in [-0.2, 0) is 6.18 Å². The van der Waals surface area contributed by atoms with E-state index in [4.69, 9.17) is 4.52 Å². The van der Waals surface area contributed by atoms with E-state index in [0.29, 0.717) is 5.56 Å². The first-order chi connectivity index (χ1) is 13.8. The Morgan fingerprint density at radius 2 is 1.76 bits per heavy atom. The van der Waals surface area contributed by atoms with Crippen molar-refractivity contribution in [3.63, 3.8) is 0 Å². The number of nitrogens with zero attached hydrogens (tertiary/aromatic N) is 2. The molecule has 152 valence electrons. The predicted molar refractivity (Wildman–Crippen MR) is 93.3 cm³/mol. The second-order valence-electron chi connectivity index (χ2n) is 6.13. The molecule has 0 saturated carbocycles. The molecule has 1 unspecified atom stereocenters. The Morgan fingerprint density at radius 1 is 1.10 bits per heavy atom. The summed E-state index contributed by atoms with van der Waals surface area (Å²) in [5.74, 6) is -1.61. The van der Waals surface area contributed by atoms with E-state index in [1.807, 2.05) is 0 Å². The molecule has 6 nitrogen and oxygen atoms in total. The van der Waals surface area contributed by atoms with Gasteiger partial charge in [-0.25, -0.2) is 4.39 Å². The molecule has 0 fully saturated rings. The number of amides is 1. The van der Waals surface area contributed by atoms with Crippen molar-refractivity contribution in [1.29, 1.82) is 0 Å². The van der Waals surface area contributed by atoms with Crippen LogP contribution >= 0.6 is 0 Å². The van der Waals surface area contributed by atoms with Gasteiger partial charge in [0.2, 0.25) is 11.7 Å². The number of carbonyl (C=O) groups is 1. The third-order valence-corrected chi connectivity index (χ3v) is 4.10. The monoisotopic (exact) mass is 409 g/mol. The standard InChI is InChI=1S/C19H15F4N3O3/c20-15-7-3-12(4-8-15)17(28)24-9-13(10-27)18-25-16(26-29-18)11-1-5-14(6-2-11)19(21,22)23/h1-8,13,27H,9-10H2,(H,24,28). The Kier molecular flexibility index (Phi) is 5.92. The second-order valence-corrected chi connectivity index (χ2v) is 6.13. The average molecular weight is 409 g/mol. The van der Waals surface area contributed by atoms with Crippen molar-refractivity contribution in [3.8, 4) is 11.4 Å². The van der Waals surface area contributed by atoms with Crippen LogP contribution in [0, 0.1) is 5.82 Å². The summed E-state index contributed by atoms with van der Waals surface area (Å²) in [5.41, 5.74) is -0.263. The maximum Gasteiger partial charge on any atom is 0.416 e. The Hall–Kier alpha value is -3.27. The van der Waals surface area contributed by atoms with Crippen LogP contribution in [0.1, 0.15) is 27.7 Å². The van der Waals surface area contributed by atoms with Gasteiger partial charge in [0, 0.05) is 17.7 Å². The summed E-state index contributed by atoms with van der Waals surface area (Å²) < 4.78 is 55.9. The molecule has 3 aromatic rings. The lowest BCUT2D eigenvalue weighted by Gasteiger charge is -2.11. The normalized spacial score (nSPS) is 12.6. The number of aromatic nitrogens is 2. The van der Waals surface area contributed by atoms with Crippen molar-refractivity contribution < 1.29 is 32.0 Å². The van der Waals surface area contributed by atoms with E-state index in [1.54, 1.807) is 0 Å². The van der Waals surface area contributed by atoms with Crippen LogP contribution in [0.2, 0.25) is 0 Å². The van der Waals surface area contributed by atoms with Crippen molar-refractivity contribution >= 4 is 5.91 Å². The highest BCUT2D eigenvalue weighted by Gasteiger charge is 2.30. The highest BCUT2D eigenvalue weighted by molar-refractivity contribution is 5.94. The largest absolute Gasteiger partial charge is 0.416 e. The predicted octanol–water partition coefficient (Wildman–Crippen LogP) is 3.40. The van der Waals surface area contributed by atoms with Gasteiger partial charge in [-0.1, -0.05) is 17.3 Å². The van der Waals surface area contributed by atoms with Gasteiger partial charge in [-0.05, 0) is 36.4 Å². The van der Waals surface area contributed by atoms with E-state index < -0.39 is 36.0 Å². The van der Waals surface area contributed by atoms with E-state index in [-0.39, 0.29) is 23.8 Å². The fraction of sp³-hybridized carbons (Fsp3) is 0.211. The van der Waals surface area contributed by atoms with E-state index in [2.05, 4.69) is 15.5 Å². The number of halogens is 4. The molecule has 3 rings (SSSR count). The second kappa shape index (κ2) is 8.39. The lowest BCUT2D eigenvalue weighted by molar-refractivity contribution is -0.137. The molecule has 0 radical (unpaired) electrons. The molecular weight excluding hydrogens is 394 g/mol. The van der Waals surface area contributed by atoms with Crippen molar-refractivity contribution in [3.05, 3.63) is 71.4 Å². The molecule has 0 saturated heterocycles. The topological polar surface area (TPSA) is 88.2 Å². The maximum atomic E-state index is 12.9. The number of hydrogen-bond acceptors (Lipinski definition) is 5. The molecule has 29 heavy (non-hydrogen) atoms. The van der Waals surface area contributed by atoms with Crippen molar-refractivity contribution in [2.75, 3.05) is 13.2 Å². The van der Waals surface area contributed by atoms with E-state index in [0.717, 1.165) is 24.3 Å². The molecule has 1 heterocycles. The van der Waals surface area contributed by atoms with Gasteiger partial charge in [-0.2, -0.15) is 18.2 Å². The highest BCUT2D eigenvalue weighted by Crippen LogP contribution is 2.30. The first-order valence-electron chi connectivity index (χ1n) is 8.44. The number of aliphatic hydroxyl groups is 1. The smallest absolute Gasteiger partial charge is 0.395 e. The summed E-state index contributed by atoms with van der Waals surface area (Å²) in [6.07, 6.45) is -4.45. The van der Waals surface area contributed by atoms with Crippen LogP contribution in [0.4, 0.5) is 17.6 Å². The number of nitrogens with one attached hydrogen (secondary N) is 1. The summed E-state index contributed by atoms with van der Waals surface area (Å²) in [4.78, 5) is 16.2. The molecule has 0 aliphatic rings. The zero-order chi connectivity index (χ0) is 21.0. The van der Waals surface area contributed by atoms with E-state index in [1.165, 1.54) is 24.3 Å². The summed E-state index contributed by atoms with van der Waals surface area (Å²) >= 11 is 0. The van der Waals surface area contributed by atoms with Gasteiger partial charge in [0.15, 0.2) is 0 Å². The Bertz CT molecular complexity index is 970. The summed E-state index contributed by atoms with van der Waals surface area (Å²) in [6.45, 7) is -0.459. The van der Waals surface area contributed by atoms with Crippen molar-refractivity contribution in [1.82, 2.24) is 15.5 Å². The maximum absolute atomic E-state index is 12.9. The lowest BCUT2D eigenvalue weighted by Crippen LogP contribution is -2.30. The van der Waals surface area contributed by atoms with E-state index in [9.17, 15) is 27.5 Å². The number of carbonyl (C=O) groups excluding carboxylic acids is 1. The van der Waals surface area contributed by atoms with Crippen LogP contribution in [0.25, 0.3) is 11.4 Å². The van der Waals surface area contributed by atoms with Gasteiger partial charge < -0.3 is 14.9 Å². The SMILES string of the molecule is O=C(NCC(CO)c1nc(-c2ccc(C(F)(F)F)cc2)no1)c1ccc(F)cc1. The molecule has 2 aromatic carbocycles. The van der Waals surface area contributed by atoms with Gasteiger partial charge >= 0.3 is 6.18 Å². The quantitative estimate of drug-likeness (QED) is 0.610. The molecule has 1 amide bonds. The van der Waals surface area contributed by atoms with Gasteiger partial charge in [0.25, 0.3) is 5.91 Å². The molecular formula is C19H15F4N3O3. The van der Waals surface area contributed by atoms with Crippen LogP contribution in [0.15, 0.2) is 53.1 Å². The van der Waals surface area contributed by atoms with Gasteiger partial charge in [-0.15, -0.1) is 0 Å². The molecule has 1 atom stereocenters. The van der Waals surface area contributed by atoms with Gasteiger partial charge in [-0.3, -0.25) is 4.79 Å². The van der Waals surface area contributed by atoms with Crippen LogP contribution in [0.3, 0.4) is 0 Å². The molecule has 1 aromatic heterocycles. The molecule has 0 spiro atoms. The zero-order valence-corrected chi connectivity index (χ0v) is 14.8. The minimum atomic E-state index is -4.45. The molecule has 0 aliphatic carbocycles. The number of benzene rings is 2. The minimum Gasteiger partial charge on any atom is -0.395 e. The van der Waals surface area contributed by atoms with Crippen molar-refractivity contribution in [2.24, 2.45) is 0 Å². The zero-order valence-electron chi connectivity index (χ0n) is 14.8.